The van der Waals surface area contributed by atoms with Crippen LogP contribution in [0.4, 0.5) is 0 Å². The van der Waals surface area contributed by atoms with E-state index in [-0.39, 0.29) is 0 Å². The molecule has 0 bridgehead atoms. The quantitative estimate of drug-likeness (QED) is 0.905. The molecule has 20 heavy (non-hydrogen) atoms. The minimum absolute atomic E-state index is 0.467. The van der Waals surface area contributed by atoms with Gasteiger partial charge < -0.3 is 14.6 Å². The minimum Gasteiger partial charge on any atom is -0.497 e. The predicted molar refractivity (Wildman–Crippen MR) is 78.1 cm³/mol. The smallest absolute Gasteiger partial charge is 0.349 e. The van der Waals surface area contributed by atoms with Crippen molar-refractivity contribution in [1.82, 2.24) is 0 Å². The molecule has 0 fully saturated rings. The van der Waals surface area contributed by atoms with Gasteiger partial charge in [-0.2, -0.15) is 0 Å². The summed E-state index contributed by atoms with van der Waals surface area (Å²) in [5.74, 6) is 0.104. The second kappa shape index (κ2) is 6.43. The van der Waals surface area contributed by atoms with Crippen molar-refractivity contribution in [1.29, 1.82) is 0 Å². The topological polar surface area (TPSA) is 55.8 Å². The first-order valence-corrected chi connectivity index (χ1v) is 6.69. The van der Waals surface area contributed by atoms with Crippen LogP contribution in [0, 0.1) is 0 Å². The maximum absolute atomic E-state index is 11.4. The molecule has 0 spiro atoms. The highest BCUT2D eigenvalue weighted by molar-refractivity contribution is 9.10. The van der Waals surface area contributed by atoms with Gasteiger partial charge in [-0.05, 0) is 30.3 Å². The molecule has 104 valence electrons. The third kappa shape index (κ3) is 3.30. The van der Waals surface area contributed by atoms with Crippen molar-refractivity contribution < 1.29 is 19.4 Å². The van der Waals surface area contributed by atoms with Crippen molar-refractivity contribution in [2.75, 3.05) is 7.11 Å². The number of rotatable bonds is 5. The number of carboxylic acids is 1. The van der Waals surface area contributed by atoms with Crippen LogP contribution in [0.2, 0.25) is 0 Å². The molecule has 1 atom stereocenters. The Balaban J connectivity index is 2.26. The second-order valence-corrected chi connectivity index (χ2v) is 4.89. The number of methoxy groups -OCH3 is 1. The molecule has 1 unspecified atom stereocenters. The minimum atomic E-state index is -1.07. The van der Waals surface area contributed by atoms with E-state index in [4.69, 9.17) is 9.47 Å². The zero-order valence-corrected chi connectivity index (χ0v) is 12.3. The van der Waals surface area contributed by atoms with Crippen LogP contribution in [-0.4, -0.2) is 18.2 Å². The van der Waals surface area contributed by atoms with E-state index in [9.17, 15) is 9.90 Å². The van der Waals surface area contributed by atoms with Crippen molar-refractivity contribution >= 4 is 21.9 Å². The molecule has 0 aliphatic heterocycles. The lowest BCUT2D eigenvalue weighted by molar-refractivity contribution is -0.145. The molecule has 5 heteroatoms. The summed E-state index contributed by atoms with van der Waals surface area (Å²) in [7, 11) is 1.57. The Labute approximate surface area is 125 Å². The largest absolute Gasteiger partial charge is 0.497 e. The van der Waals surface area contributed by atoms with E-state index in [1.54, 1.807) is 49.6 Å². The predicted octanol–water partition coefficient (Wildman–Crippen LogP) is 3.66. The van der Waals surface area contributed by atoms with Crippen LogP contribution in [0.1, 0.15) is 11.7 Å². The van der Waals surface area contributed by atoms with Crippen LogP contribution in [-0.2, 0) is 4.79 Å². The molecule has 0 amide bonds. The van der Waals surface area contributed by atoms with Gasteiger partial charge in [0.2, 0.25) is 6.10 Å². The lowest BCUT2D eigenvalue weighted by atomic mass is 10.1. The van der Waals surface area contributed by atoms with E-state index in [0.717, 1.165) is 0 Å². The maximum atomic E-state index is 11.4. The number of hydrogen-bond acceptors (Lipinski definition) is 3. The van der Waals surface area contributed by atoms with Gasteiger partial charge >= 0.3 is 5.97 Å². The monoisotopic (exact) mass is 336 g/mol. The van der Waals surface area contributed by atoms with Crippen LogP contribution in [0.3, 0.4) is 0 Å². The molecule has 0 saturated carbocycles. The van der Waals surface area contributed by atoms with E-state index >= 15 is 0 Å². The Morgan fingerprint density at radius 1 is 1.10 bits per heavy atom. The van der Waals surface area contributed by atoms with E-state index < -0.39 is 12.1 Å². The van der Waals surface area contributed by atoms with Crippen LogP contribution in [0.25, 0.3) is 0 Å². The number of aliphatic carboxylic acids is 1. The summed E-state index contributed by atoms with van der Waals surface area (Å²) in [5, 5.41) is 9.34. The van der Waals surface area contributed by atoms with Crippen LogP contribution in [0.5, 0.6) is 11.5 Å². The molecule has 0 aromatic heterocycles. The molecule has 1 N–H and O–H groups in total. The zero-order chi connectivity index (χ0) is 14.5. The summed E-state index contributed by atoms with van der Waals surface area (Å²) in [6.45, 7) is 0. The number of ether oxygens (including phenoxy) is 2. The first-order chi connectivity index (χ1) is 9.61. The lowest BCUT2D eigenvalue weighted by Crippen LogP contribution is -2.18. The van der Waals surface area contributed by atoms with Gasteiger partial charge in [-0.3, -0.25) is 0 Å². The average Bonchev–Trinajstić information content (AvgIpc) is 2.46. The summed E-state index contributed by atoms with van der Waals surface area (Å²) < 4.78 is 11.3. The van der Waals surface area contributed by atoms with Gasteiger partial charge in [0, 0.05) is 10.0 Å². The van der Waals surface area contributed by atoms with E-state index in [1.165, 1.54) is 0 Å². The van der Waals surface area contributed by atoms with Crippen molar-refractivity contribution in [3.63, 3.8) is 0 Å². The molecule has 4 nitrogen and oxygen atoms in total. The fourth-order valence-corrected chi connectivity index (χ4v) is 2.22. The Bertz CT molecular complexity index is 595. The van der Waals surface area contributed by atoms with E-state index in [1.807, 2.05) is 6.07 Å². The van der Waals surface area contributed by atoms with Gasteiger partial charge in [0.25, 0.3) is 0 Å². The molecule has 2 rings (SSSR count). The number of carboxylic acid groups (broad SMARTS) is 1. The highest BCUT2D eigenvalue weighted by Crippen LogP contribution is 2.28. The average molecular weight is 337 g/mol. The van der Waals surface area contributed by atoms with Crippen molar-refractivity contribution in [3.8, 4) is 11.5 Å². The Morgan fingerprint density at radius 3 is 2.25 bits per heavy atom. The highest BCUT2D eigenvalue weighted by Gasteiger charge is 2.23. The molecule has 0 aliphatic carbocycles. The molecular weight excluding hydrogens is 324 g/mol. The summed E-state index contributed by atoms with van der Waals surface area (Å²) >= 11 is 3.34. The summed E-state index contributed by atoms with van der Waals surface area (Å²) in [5.41, 5.74) is 0.566. The standard InChI is InChI=1S/C15H13BrO4/c1-19-10-6-8-11(9-7-10)20-14(15(17)18)12-4-2-3-5-13(12)16/h2-9,14H,1H3,(H,17,18). The van der Waals surface area contributed by atoms with Gasteiger partial charge in [-0.15, -0.1) is 0 Å². The molecule has 0 heterocycles. The van der Waals surface area contributed by atoms with Crippen molar-refractivity contribution in [2.24, 2.45) is 0 Å². The van der Waals surface area contributed by atoms with Gasteiger partial charge in [-0.1, -0.05) is 34.1 Å². The van der Waals surface area contributed by atoms with Crippen LogP contribution < -0.4 is 9.47 Å². The first kappa shape index (κ1) is 14.4. The van der Waals surface area contributed by atoms with Gasteiger partial charge in [-0.25, -0.2) is 4.79 Å². The maximum Gasteiger partial charge on any atom is 0.349 e. The fourth-order valence-electron chi connectivity index (χ4n) is 1.73. The van der Waals surface area contributed by atoms with Crippen LogP contribution in [0.15, 0.2) is 53.0 Å². The number of carbonyl (C=O) groups is 1. The van der Waals surface area contributed by atoms with E-state index in [0.29, 0.717) is 21.5 Å². The molecule has 2 aromatic rings. The molecule has 0 radical (unpaired) electrons. The number of hydrogen-bond donors (Lipinski definition) is 1. The van der Waals surface area contributed by atoms with Crippen molar-refractivity contribution in [2.45, 2.75) is 6.10 Å². The molecule has 2 aromatic carbocycles. The normalized spacial score (nSPS) is 11.7. The Morgan fingerprint density at radius 2 is 1.70 bits per heavy atom. The molecule has 0 saturated heterocycles. The second-order valence-electron chi connectivity index (χ2n) is 4.03. The van der Waals surface area contributed by atoms with Crippen LogP contribution >= 0.6 is 15.9 Å². The third-order valence-electron chi connectivity index (χ3n) is 2.73. The Hall–Kier alpha value is -2.01. The highest BCUT2D eigenvalue weighted by atomic mass is 79.9. The summed E-state index contributed by atoms with van der Waals surface area (Å²) in [6, 6.07) is 13.9. The molecule has 0 aliphatic rings. The van der Waals surface area contributed by atoms with E-state index in [2.05, 4.69) is 15.9 Å². The lowest BCUT2D eigenvalue weighted by Gasteiger charge is -2.17. The van der Waals surface area contributed by atoms with Gasteiger partial charge in [0.1, 0.15) is 11.5 Å². The summed E-state index contributed by atoms with van der Waals surface area (Å²) in [4.78, 5) is 11.4. The van der Waals surface area contributed by atoms with Gasteiger partial charge in [0.15, 0.2) is 0 Å². The fraction of sp³-hybridized carbons (Fsp3) is 0.133. The Kier molecular flexibility index (Phi) is 4.63. The summed E-state index contributed by atoms with van der Waals surface area (Å²) in [6.07, 6.45) is -1.07. The van der Waals surface area contributed by atoms with Crippen molar-refractivity contribution in [3.05, 3.63) is 58.6 Å². The van der Waals surface area contributed by atoms with Gasteiger partial charge in [0.05, 0.1) is 7.11 Å². The first-order valence-electron chi connectivity index (χ1n) is 5.89. The zero-order valence-electron chi connectivity index (χ0n) is 10.7. The molecular formula is C15H13BrO4. The SMILES string of the molecule is COc1ccc(OC(C(=O)O)c2ccccc2Br)cc1. The number of halogens is 1. The third-order valence-corrected chi connectivity index (χ3v) is 3.45. The number of benzene rings is 2.